The highest BCUT2D eigenvalue weighted by atomic mass is 35.5. The van der Waals surface area contributed by atoms with Crippen LogP contribution in [0.1, 0.15) is 51.5 Å². The van der Waals surface area contributed by atoms with Crippen molar-refractivity contribution in [3.63, 3.8) is 0 Å². The smallest absolute Gasteiger partial charge is 0.246 e. The number of rotatable bonds is 7. The second-order valence-electron chi connectivity index (χ2n) is 7.20. The molecule has 1 N–H and O–H groups in total. The zero-order valence-electron chi connectivity index (χ0n) is 16.7. The van der Waals surface area contributed by atoms with Crippen LogP contribution in [0.15, 0.2) is 24.3 Å². The largest absolute Gasteiger partial charge is 0.354 e. The third-order valence-electron chi connectivity index (χ3n) is 5.10. The Morgan fingerprint density at radius 1 is 1.14 bits per heavy atom. The molecule has 2 amide bonds. The molecule has 1 aliphatic rings. The highest BCUT2D eigenvalue weighted by Gasteiger charge is 2.22. The van der Waals surface area contributed by atoms with Crippen molar-refractivity contribution < 1.29 is 9.59 Å². The van der Waals surface area contributed by atoms with E-state index in [9.17, 15) is 9.59 Å². The SMILES string of the molecule is CCC(C(=O)NCCC(=O)N1CCCCCC1)n1nnc(-c2ccc(Cl)cc2)n1. The first-order chi connectivity index (χ1) is 14.1. The first kappa shape index (κ1) is 21.2. The van der Waals surface area contributed by atoms with Crippen LogP contribution in [0, 0.1) is 0 Å². The maximum atomic E-state index is 12.6. The standard InChI is InChI=1S/C20H27ClN6O2/c1-2-17(27-24-19(23-25-27)15-7-9-16(21)10-8-15)20(29)22-12-11-18(28)26-13-5-3-4-6-14-26/h7-10,17H,2-6,11-14H2,1H3,(H,22,29). The van der Waals surface area contributed by atoms with E-state index in [-0.39, 0.29) is 11.8 Å². The van der Waals surface area contributed by atoms with Crippen LogP contribution >= 0.6 is 11.6 Å². The van der Waals surface area contributed by atoms with Crippen molar-refractivity contribution in [2.45, 2.75) is 51.5 Å². The van der Waals surface area contributed by atoms with Crippen LogP contribution in [-0.2, 0) is 9.59 Å². The normalized spacial score (nSPS) is 15.6. The van der Waals surface area contributed by atoms with Gasteiger partial charge >= 0.3 is 0 Å². The first-order valence-electron chi connectivity index (χ1n) is 10.2. The van der Waals surface area contributed by atoms with Crippen LogP contribution in [0.25, 0.3) is 11.4 Å². The Labute approximate surface area is 175 Å². The number of likely N-dealkylation sites (tertiary alicyclic amines) is 1. The molecule has 1 aliphatic heterocycles. The lowest BCUT2D eigenvalue weighted by atomic mass is 10.2. The van der Waals surface area contributed by atoms with Crippen molar-refractivity contribution in [1.29, 1.82) is 0 Å². The number of benzene rings is 1. The van der Waals surface area contributed by atoms with Gasteiger partial charge in [-0.05, 0) is 48.7 Å². The molecule has 3 rings (SSSR count). The molecule has 0 bridgehead atoms. The predicted molar refractivity (Wildman–Crippen MR) is 110 cm³/mol. The van der Waals surface area contributed by atoms with Crippen LogP contribution in [0.5, 0.6) is 0 Å². The molecule has 0 radical (unpaired) electrons. The van der Waals surface area contributed by atoms with E-state index in [0.29, 0.717) is 30.2 Å². The van der Waals surface area contributed by atoms with Crippen molar-refractivity contribution in [3.8, 4) is 11.4 Å². The summed E-state index contributed by atoms with van der Waals surface area (Å²) in [5, 5.41) is 15.9. The van der Waals surface area contributed by atoms with E-state index < -0.39 is 6.04 Å². The van der Waals surface area contributed by atoms with E-state index >= 15 is 0 Å². The van der Waals surface area contributed by atoms with E-state index in [0.717, 1.165) is 31.5 Å². The molecule has 0 spiro atoms. The van der Waals surface area contributed by atoms with Crippen LogP contribution in [0.3, 0.4) is 0 Å². The predicted octanol–water partition coefficient (Wildman–Crippen LogP) is 2.85. The quantitative estimate of drug-likeness (QED) is 0.746. The number of amides is 2. The number of tetrazole rings is 1. The Balaban J connectivity index is 1.53. The summed E-state index contributed by atoms with van der Waals surface area (Å²) < 4.78 is 0. The summed E-state index contributed by atoms with van der Waals surface area (Å²) >= 11 is 5.91. The molecular formula is C20H27ClN6O2. The Kier molecular flexibility index (Phi) is 7.57. The molecule has 1 aromatic heterocycles. The van der Waals surface area contributed by atoms with Crippen molar-refractivity contribution in [1.82, 2.24) is 30.4 Å². The van der Waals surface area contributed by atoms with Gasteiger partial charge in [0.1, 0.15) is 0 Å². The van der Waals surface area contributed by atoms with Gasteiger partial charge in [0.25, 0.3) is 0 Å². The second kappa shape index (κ2) is 10.3. The average molecular weight is 419 g/mol. The summed E-state index contributed by atoms with van der Waals surface area (Å²) in [6.45, 7) is 3.84. The van der Waals surface area contributed by atoms with E-state index in [1.165, 1.54) is 17.6 Å². The van der Waals surface area contributed by atoms with Gasteiger partial charge in [-0.2, -0.15) is 4.80 Å². The minimum atomic E-state index is -0.572. The molecule has 156 valence electrons. The molecule has 0 aliphatic carbocycles. The molecule has 1 aromatic carbocycles. The number of carbonyl (C=O) groups is 2. The van der Waals surface area contributed by atoms with Gasteiger partial charge in [0.15, 0.2) is 6.04 Å². The number of halogens is 1. The Hall–Kier alpha value is -2.48. The topological polar surface area (TPSA) is 93.0 Å². The van der Waals surface area contributed by atoms with Gasteiger partial charge in [-0.3, -0.25) is 9.59 Å². The van der Waals surface area contributed by atoms with Crippen LogP contribution in [0.2, 0.25) is 5.02 Å². The number of hydrogen-bond donors (Lipinski definition) is 1. The lowest BCUT2D eigenvalue weighted by molar-refractivity contribution is -0.131. The Bertz CT molecular complexity index is 815. The Morgan fingerprint density at radius 3 is 2.48 bits per heavy atom. The van der Waals surface area contributed by atoms with Crippen molar-refractivity contribution in [2.24, 2.45) is 0 Å². The van der Waals surface area contributed by atoms with Gasteiger partial charge in [0.2, 0.25) is 17.6 Å². The number of nitrogens with zero attached hydrogens (tertiary/aromatic N) is 5. The van der Waals surface area contributed by atoms with Gasteiger partial charge in [0.05, 0.1) is 0 Å². The minimum absolute atomic E-state index is 0.101. The molecular weight excluding hydrogens is 392 g/mol. The average Bonchev–Trinajstić information content (AvgIpc) is 3.03. The Morgan fingerprint density at radius 2 is 1.83 bits per heavy atom. The first-order valence-corrected chi connectivity index (χ1v) is 10.6. The summed E-state index contributed by atoms with van der Waals surface area (Å²) in [7, 11) is 0. The number of carbonyl (C=O) groups excluding carboxylic acids is 2. The number of aromatic nitrogens is 4. The highest BCUT2D eigenvalue weighted by Crippen LogP contribution is 2.18. The number of nitrogens with one attached hydrogen (secondary N) is 1. The molecule has 2 aromatic rings. The lowest BCUT2D eigenvalue weighted by Gasteiger charge is -2.20. The summed E-state index contributed by atoms with van der Waals surface area (Å²) in [5.41, 5.74) is 0.777. The van der Waals surface area contributed by atoms with E-state index in [1.807, 2.05) is 11.8 Å². The molecule has 0 saturated carbocycles. The van der Waals surface area contributed by atoms with Crippen LogP contribution in [-0.4, -0.2) is 56.6 Å². The monoisotopic (exact) mass is 418 g/mol. The fourth-order valence-corrected chi connectivity index (χ4v) is 3.54. The molecule has 1 unspecified atom stereocenters. The molecule has 9 heteroatoms. The van der Waals surface area contributed by atoms with Gasteiger partial charge in [-0.1, -0.05) is 31.4 Å². The molecule has 8 nitrogen and oxygen atoms in total. The van der Waals surface area contributed by atoms with Crippen molar-refractivity contribution in [2.75, 3.05) is 19.6 Å². The summed E-state index contributed by atoms with van der Waals surface area (Å²) in [4.78, 5) is 28.2. The van der Waals surface area contributed by atoms with Crippen molar-refractivity contribution >= 4 is 23.4 Å². The third-order valence-corrected chi connectivity index (χ3v) is 5.35. The minimum Gasteiger partial charge on any atom is -0.354 e. The zero-order chi connectivity index (χ0) is 20.6. The molecule has 1 fully saturated rings. The molecule has 1 atom stereocenters. The van der Waals surface area contributed by atoms with Gasteiger partial charge in [0, 0.05) is 36.6 Å². The van der Waals surface area contributed by atoms with Crippen LogP contribution in [0.4, 0.5) is 0 Å². The van der Waals surface area contributed by atoms with E-state index in [1.54, 1.807) is 24.3 Å². The highest BCUT2D eigenvalue weighted by molar-refractivity contribution is 6.30. The summed E-state index contributed by atoms with van der Waals surface area (Å²) in [6.07, 6.45) is 5.31. The van der Waals surface area contributed by atoms with E-state index in [4.69, 9.17) is 11.6 Å². The lowest BCUT2D eigenvalue weighted by Crippen LogP contribution is -2.38. The van der Waals surface area contributed by atoms with Gasteiger partial charge in [-0.25, -0.2) is 0 Å². The summed E-state index contributed by atoms with van der Waals surface area (Å²) in [6, 6.07) is 6.54. The molecule has 29 heavy (non-hydrogen) atoms. The van der Waals surface area contributed by atoms with Gasteiger partial charge < -0.3 is 10.2 Å². The second-order valence-corrected chi connectivity index (χ2v) is 7.64. The molecule has 1 saturated heterocycles. The number of hydrogen-bond acceptors (Lipinski definition) is 5. The fourth-order valence-electron chi connectivity index (χ4n) is 3.41. The maximum Gasteiger partial charge on any atom is 0.246 e. The maximum absolute atomic E-state index is 12.6. The summed E-state index contributed by atoms with van der Waals surface area (Å²) in [5.74, 6) is 0.324. The third kappa shape index (κ3) is 5.76. The molecule has 2 heterocycles. The zero-order valence-corrected chi connectivity index (χ0v) is 17.4. The van der Waals surface area contributed by atoms with Crippen molar-refractivity contribution in [3.05, 3.63) is 29.3 Å². The van der Waals surface area contributed by atoms with Gasteiger partial charge in [-0.15, -0.1) is 10.2 Å². The van der Waals surface area contributed by atoms with Crippen LogP contribution < -0.4 is 5.32 Å². The fraction of sp³-hybridized carbons (Fsp3) is 0.550. The van der Waals surface area contributed by atoms with E-state index in [2.05, 4.69) is 20.7 Å².